The number of aliphatic carboxylic acids is 1. The average Bonchev–Trinajstić information content (AvgIpc) is 3.55. The molecule has 3 amide bonds. The molecule has 0 saturated carbocycles. The maximum Gasteiger partial charge on any atom is 0.326 e. The van der Waals surface area contributed by atoms with E-state index in [1.165, 1.54) is 35.5 Å². The molecule has 1 aliphatic rings. The number of imidazole rings is 1. The number of nitrogens with two attached hydrogens (primary N) is 1. The minimum atomic E-state index is -1.42. The van der Waals surface area contributed by atoms with Gasteiger partial charge in [0.15, 0.2) is 0 Å². The third-order valence-corrected chi connectivity index (χ3v) is 5.96. The molecule has 1 fully saturated rings. The van der Waals surface area contributed by atoms with Gasteiger partial charge in [-0.05, 0) is 30.5 Å². The molecule has 4 unspecified atom stereocenters. The predicted molar refractivity (Wildman–Crippen MR) is 125 cm³/mol. The number of nitrogens with zero attached hydrogens (tertiary/aromatic N) is 2. The van der Waals surface area contributed by atoms with Gasteiger partial charge in [0.2, 0.25) is 17.7 Å². The number of likely N-dealkylation sites (tertiary alicyclic amines) is 1. The number of H-pyrrole nitrogens is 1. The summed E-state index contributed by atoms with van der Waals surface area (Å²) in [5.74, 6) is -3.25. The van der Waals surface area contributed by atoms with Crippen molar-refractivity contribution in [1.82, 2.24) is 25.5 Å². The van der Waals surface area contributed by atoms with Gasteiger partial charge in [-0.15, -0.1) is 0 Å². The molecule has 2 aromatic rings. The number of benzene rings is 1. The quantitative estimate of drug-likeness (QED) is 0.186. The average molecular weight is 503 g/mol. The maximum atomic E-state index is 12.9. The number of phenols is 1. The number of amides is 3. The number of carboxylic acid groups (broad SMARTS) is 1. The Labute approximate surface area is 206 Å². The van der Waals surface area contributed by atoms with E-state index in [2.05, 4.69) is 20.6 Å². The Kier molecular flexibility index (Phi) is 8.97. The van der Waals surface area contributed by atoms with Crippen molar-refractivity contribution in [3.8, 4) is 5.75 Å². The van der Waals surface area contributed by atoms with Crippen LogP contribution in [0.1, 0.15) is 24.1 Å². The predicted octanol–water partition coefficient (Wildman–Crippen LogP) is -1.73. The largest absolute Gasteiger partial charge is 0.508 e. The summed E-state index contributed by atoms with van der Waals surface area (Å²) in [6.45, 7) is -0.458. The van der Waals surface area contributed by atoms with Crippen LogP contribution in [-0.4, -0.2) is 91.2 Å². The van der Waals surface area contributed by atoms with Gasteiger partial charge in [-0.2, -0.15) is 0 Å². The number of phenolic OH excluding ortho intramolecular Hbond substituents is 1. The van der Waals surface area contributed by atoms with Crippen molar-refractivity contribution in [2.45, 2.75) is 49.9 Å². The zero-order valence-electron chi connectivity index (χ0n) is 19.5. The van der Waals surface area contributed by atoms with Crippen molar-refractivity contribution in [3.63, 3.8) is 0 Å². The summed E-state index contributed by atoms with van der Waals surface area (Å²) < 4.78 is 0. The number of hydrogen-bond acceptors (Lipinski definition) is 8. The first kappa shape index (κ1) is 26.6. The lowest BCUT2D eigenvalue weighted by Crippen LogP contribution is -2.58. The molecule has 194 valence electrons. The summed E-state index contributed by atoms with van der Waals surface area (Å²) in [6.07, 6.45) is 4.07. The summed E-state index contributed by atoms with van der Waals surface area (Å²) in [6, 6.07) is 1.29. The molecule has 8 N–H and O–H groups in total. The van der Waals surface area contributed by atoms with E-state index in [1.54, 1.807) is 6.20 Å². The number of nitrogens with one attached hydrogen (secondary N) is 3. The molecule has 0 aliphatic carbocycles. The maximum absolute atomic E-state index is 12.9. The highest BCUT2D eigenvalue weighted by molar-refractivity contribution is 5.94. The second-order valence-corrected chi connectivity index (χ2v) is 8.59. The fourth-order valence-corrected chi connectivity index (χ4v) is 4.04. The second kappa shape index (κ2) is 12.1. The number of rotatable bonds is 11. The van der Waals surface area contributed by atoms with Crippen molar-refractivity contribution in [3.05, 3.63) is 48.0 Å². The van der Waals surface area contributed by atoms with E-state index >= 15 is 0 Å². The smallest absolute Gasteiger partial charge is 0.326 e. The van der Waals surface area contributed by atoms with Crippen LogP contribution in [-0.2, 0) is 32.0 Å². The van der Waals surface area contributed by atoms with Crippen molar-refractivity contribution in [1.29, 1.82) is 0 Å². The Morgan fingerprint density at radius 2 is 1.86 bits per heavy atom. The van der Waals surface area contributed by atoms with Crippen LogP contribution in [0.2, 0.25) is 0 Å². The van der Waals surface area contributed by atoms with Crippen molar-refractivity contribution < 1.29 is 34.5 Å². The summed E-state index contributed by atoms with van der Waals surface area (Å²) in [4.78, 5) is 58.3. The molecule has 0 spiro atoms. The molecular weight excluding hydrogens is 472 g/mol. The van der Waals surface area contributed by atoms with Crippen LogP contribution in [0.25, 0.3) is 0 Å². The SMILES string of the molecule is NC(Cc1cnc[nH]1)C(=O)N1CCCC1C(=O)NC(CO)C(=O)NC(Cc1ccc(O)cc1)C(=O)O. The van der Waals surface area contributed by atoms with E-state index in [4.69, 9.17) is 5.73 Å². The Balaban J connectivity index is 1.60. The van der Waals surface area contributed by atoms with Crippen molar-refractivity contribution in [2.75, 3.05) is 13.2 Å². The second-order valence-electron chi connectivity index (χ2n) is 8.59. The molecule has 1 aliphatic heterocycles. The van der Waals surface area contributed by atoms with Crippen LogP contribution in [0.3, 0.4) is 0 Å². The molecule has 1 aromatic carbocycles. The normalized spacial score (nSPS) is 17.7. The Morgan fingerprint density at radius 3 is 2.47 bits per heavy atom. The highest BCUT2D eigenvalue weighted by atomic mass is 16.4. The third-order valence-electron chi connectivity index (χ3n) is 5.96. The van der Waals surface area contributed by atoms with Gasteiger partial charge in [0.25, 0.3) is 0 Å². The van der Waals surface area contributed by atoms with Crippen LogP contribution >= 0.6 is 0 Å². The highest BCUT2D eigenvalue weighted by Gasteiger charge is 2.38. The summed E-state index contributed by atoms with van der Waals surface area (Å²) in [5, 5.41) is 33.3. The summed E-state index contributed by atoms with van der Waals surface area (Å²) >= 11 is 0. The number of aromatic nitrogens is 2. The van der Waals surface area contributed by atoms with Gasteiger partial charge in [0, 0.05) is 31.3 Å². The van der Waals surface area contributed by atoms with Gasteiger partial charge in [-0.3, -0.25) is 14.4 Å². The fourth-order valence-electron chi connectivity index (χ4n) is 4.04. The van der Waals surface area contributed by atoms with Crippen molar-refractivity contribution in [2.24, 2.45) is 5.73 Å². The molecule has 0 radical (unpaired) electrons. The number of carbonyl (C=O) groups excluding carboxylic acids is 3. The van der Waals surface area contributed by atoms with E-state index in [1.807, 2.05) is 0 Å². The molecule has 3 rings (SSSR count). The van der Waals surface area contributed by atoms with Gasteiger partial charge in [0.05, 0.1) is 19.0 Å². The van der Waals surface area contributed by atoms with Gasteiger partial charge in [-0.1, -0.05) is 12.1 Å². The summed E-state index contributed by atoms with van der Waals surface area (Å²) in [7, 11) is 0. The van der Waals surface area contributed by atoms with Gasteiger partial charge in [0.1, 0.15) is 23.9 Å². The fraction of sp³-hybridized carbons (Fsp3) is 0.435. The first-order valence-electron chi connectivity index (χ1n) is 11.4. The molecule has 2 heterocycles. The molecular formula is C23H30N6O7. The number of carbonyl (C=O) groups is 4. The zero-order chi connectivity index (χ0) is 26.2. The Hall–Kier alpha value is -3.97. The van der Waals surface area contributed by atoms with Crippen LogP contribution < -0.4 is 16.4 Å². The number of aromatic hydroxyl groups is 1. The molecule has 13 nitrogen and oxygen atoms in total. The van der Waals surface area contributed by atoms with E-state index in [0.29, 0.717) is 30.6 Å². The minimum Gasteiger partial charge on any atom is -0.508 e. The topological polar surface area (TPSA) is 211 Å². The van der Waals surface area contributed by atoms with Crippen LogP contribution in [0.15, 0.2) is 36.8 Å². The molecule has 4 atom stereocenters. The standard InChI is InChI=1S/C23H30N6O7/c24-16(9-14-10-25-12-26-14)22(34)29-7-1-2-19(29)21(33)28-18(11-30)20(32)27-17(23(35)36)8-13-3-5-15(31)6-4-13/h3-6,10,12,16-19,30-31H,1-2,7-9,11,24H2,(H,25,26)(H,27,32)(H,28,33)(H,35,36). The first-order valence-corrected chi connectivity index (χ1v) is 11.4. The van der Waals surface area contributed by atoms with E-state index in [9.17, 15) is 34.5 Å². The lowest BCUT2D eigenvalue weighted by Gasteiger charge is -2.28. The minimum absolute atomic E-state index is 0.0134. The van der Waals surface area contributed by atoms with E-state index in [0.717, 1.165) is 0 Å². The van der Waals surface area contributed by atoms with Gasteiger partial charge >= 0.3 is 5.97 Å². The van der Waals surface area contributed by atoms with Crippen LogP contribution in [0.4, 0.5) is 0 Å². The number of aliphatic hydroxyl groups excluding tert-OH is 1. The Morgan fingerprint density at radius 1 is 1.14 bits per heavy atom. The molecule has 36 heavy (non-hydrogen) atoms. The number of aliphatic hydroxyl groups is 1. The number of hydrogen-bond donors (Lipinski definition) is 7. The molecule has 13 heteroatoms. The lowest BCUT2D eigenvalue weighted by molar-refractivity contribution is -0.143. The van der Waals surface area contributed by atoms with Crippen molar-refractivity contribution >= 4 is 23.7 Å². The molecule has 1 saturated heterocycles. The molecule has 1 aromatic heterocycles. The van der Waals surface area contributed by atoms with E-state index < -0.39 is 54.5 Å². The highest BCUT2D eigenvalue weighted by Crippen LogP contribution is 2.19. The zero-order valence-corrected chi connectivity index (χ0v) is 19.5. The monoisotopic (exact) mass is 502 g/mol. The first-order chi connectivity index (χ1) is 17.2. The van der Waals surface area contributed by atoms with E-state index in [-0.39, 0.29) is 18.6 Å². The van der Waals surface area contributed by atoms with Crippen LogP contribution in [0.5, 0.6) is 5.75 Å². The summed E-state index contributed by atoms with van der Waals surface area (Å²) in [5.41, 5.74) is 7.26. The van der Waals surface area contributed by atoms with Gasteiger partial charge < -0.3 is 41.6 Å². The third kappa shape index (κ3) is 6.79. The van der Waals surface area contributed by atoms with Gasteiger partial charge in [-0.25, -0.2) is 9.78 Å². The molecule has 0 bridgehead atoms. The van der Waals surface area contributed by atoms with Crippen LogP contribution in [0, 0.1) is 0 Å². The number of carboxylic acids is 1. The Bertz CT molecular complexity index is 1060. The number of aromatic amines is 1. The lowest BCUT2D eigenvalue weighted by atomic mass is 10.1.